The summed E-state index contributed by atoms with van der Waals surface area (Å²) < 4.78 is 5.51. The summed E-state index contributed by atoms with van der Waals surface area (Å²) in [7, 11) is 0. The van der Waals surface area contributed by atoms with Crippen molar-refractivity contribution in [2.45, 2.75) is 20.8 Å². The summed E-state index contributed by atoms with van der Waals surface area (Å²) in [6.45, 7) is 7.91. The molecule has 0 aliphatic heterocycles. The molecule has 2 rings (SSSR count). The molecule has 0 saturated heterocycles. The predicted molar refractivity (Wildman–Crippen MR) is 83.3 cm³/mol. The zero-order valence-corrected chi connectivity index (χ0v) is 13.2. The van der Waals surface area contributed by atoms with Crippen molar-refractivity contribution in [3.63, 3.8) is 0 Å². The average molecular weight is 309 g/mol. The molecule has 0 bridgehead atoms. The van der Waals surface area contributed by atoms with Gasteiger partial charge in [-0.3, -0.25) is 0 Å². The van der Waals surface area contributed by atoms with Crippen molar-refractivity contribution in [3.05, 3.63) is 16.8 Å². The lowest BCUT2D eigenvalue weighted by Gasteiger charge is -2.09. The molecule has 0 radical (unpaired) electrons. The Labute approximate surface area is 127 Å². The molecule has 6 nitrogen and oxygen atoms in total. The van der Waals surface area contributed by atoms with Gasteiger partial charge in [0.1, 0.15) is 21.9 Å². The second-order valence-electron chi connectivity index (χ2n) is 5.16. The van der Waals surface area contributed by atoms with Crippen LogP contribution >= 0.6 is 11.3 Å². The normalized spacial score (nSPS) is 11.2. The summed E-state index contributed by atoms with van der Waals surface area (Å²) in [6, 6.07) is 0. The Morgan fingerprint density at radius 1 is 1.48 bits per heavy atom. The molecule has 0 aliphatic carbocycles. The maximum absolute atomic E-state index is 11.2. The molecule has 114 valence electrons. The minimum absolute atomic E-state index is 0.310. The van der Waals surface area contributed by atoms with E-state index in [0.717, 1.165) is 12.0 Å². The Hall–Kier alpha value is -1.73. The Kier molecular flexibility index (Phi) is 5.08. The van der Waals surface area contributed by atoms with E-state index in [4.69, 9.17) is 4.74 Å². The molecule has 21 heavy (non-hydrogen) atoms. The fourth-order valence-electron chi connectivity index (χ4n) is 1.97. The SMILES string of the molecule is Cc1c(C(=O)O)sc2ncnc(NCCOCC(C)C)c12. The van der Waals surface area contributed by atoms with E-state index < -0.39 is 5.97 Å². The average Bonchev–Trinajstić information content (AvgIpc) is 2.76. The third-order valence-corrected chi connectivity index (χ3v) is 4.10. The van der Waals surface area contributed by atoms with Crippen LogP contribution in [0.3, 0.4) is 0 Å². The third kappa shape index (κ3) is 3.68. The molecule has 0 aliphatic rings. The van der Waals surface area contributed by atoms with Crippen LogP contribution < -0.4 is 5.32 Å². The summed E-state index contributed by atoms with van der Waals surface area (Å²) in [4.78, 5) is 20.5. The number of carboxylic acids is 1. The zero-order valence-electron chi connectivity index (χ0n) is 12.3. The fourth-order valence-corrected chi connectivity index (χ4v) is 2.96. The van der Waals surface area contributed by atoms with E-state index >= 15 is 0 Å². The largest absolute Gasteiger partial charge is 0.477 e. The number of carbonyl (C=O) groups is 1. The van der Waals surface area contributed by atoms with Crippen molar-refractivity contribution >= 4 is 33.3 Å². The van der Waals surface area contributed by atoms with Crippen LogP contribution in [0.15, 0.2) is 6.33 Å². The van der Waals surface area contributed by atoms with Crippen molar-refractivity contribution in [1.82, 2.24) is 9.97 Å². The van der Waals surface area contributed by atoms with E-state index in [-0.39, 0.29) is 0 Å². The summed E-state index contributed by atoms with van der Waals surface area (Å²) in [6.07, 6.45) is 1.45. The van der Waals surface area contributed by atoms with Gasteiger partial charge < -0.3 is 15.2 Å². The van der Waals surface area contributed by atoms with Crippen LogP contribution in [-0.2, 0) is 4.74 Å². The number of anilines is 1. The number of ether oxygens (including phenoxy) is 1. The van der Waals surface area contributed by atoms with Crippen LogP contribution in [-0.4, -0.2) is 40.8 Å². The molecule has 2 aromatic heterocycles. The van der Waals surface area contributed by atoms with Gasteiger partial charge in [-0.05, 0) is 18.4 Å². The first-order chi connectivity index (χ1) is 10.0. The number of aryl methyl sites for hydroxylation is 1. The molecule has 0 fully saturated rings. The maximum atomic E-state index is 11.2. The molecule has 7 heteroatoms. The van der Waals surface area contributed by atoms with E-state index in [2.05, 4.69) is 29.1 Å². The first kappa shape index (κ1) is 15.7. The summed E-state index contributed by atoms with van der Waals surface area (Å²) in [5.41, 5.74) is 0.702. The van der Waals surface area contributed by atoms with Gasteiger partial charge in [-0.25, -0.2) is 14.8 Å². The number of aromatic nitrogens is 2. The number of nitrogens with zero attached hydrogens (tertiary/aromatic N) is 2. The molecule has 0 spiro atoms. The lowest BCUT2D eigenvalue weighted by molar-refractivity contribution is 0.0701. The number of carboxylic acid groups (broad SMARTS) is 1. The molecule has 0 amide bonds. The van der Waals surface area contributed by atoms with Crippen LogP contribution in [0.1, 0.15) is 29.1 Å². The highest BCUT2D eigenvalue weighted by Gasteiger charge is 2.18. The number of hydrogen-bond donors (Lipinski definition) is 2. The minimum atomic E-state index is -0.929. The summed E-state index contributed by atoms with van der Waals surface area (Å²) in [5.74, 6) is 0.240. The number of hydrogen-bond acceptors (Lipinski definition) is 6. The Morgan fingerprint density at radius 2 is 2.24 bits per heavy atom. The van der Waals surface area contributed by atoms with E-state index in [1.165, 1.54) is 17.7 Å². The molecule has 2 heterocycles. The highest BCUT2D eigenvalue weighted by atomic mass is 32.1. The van der Waals surface area contributed by atoms with Gasteiger partial charge in [0.05, 0.1) is 12.0 Å². The Morgan fingerprint density at radius 3 is 2.90 bits per heavy atom. The number of aromatic carboxylic acids is 1. The van der Waals surface area contributed by atoms with Gasteiger partial charge in [0.25, 0.3) is 0 Å². The van der Waals surface area contributed by atoms with Crippen molar-refractivity contribution in [2.75, 3.05) is 25.1 Å². The highest BCUT2D eigenvalue weighted by Crippen LogP contribution is 2.32. The van der Waals surface area contributed by atoms with Gasteiger partial charge in [-0.1, -0.05) is 13.8 Å². The lowest BCUT2D eigenvalue weighted by atomic mass is 10.2. The summed E-state index contributed by atoms with van der Waals surface area (Å²) in [5, 5.41) is 13.2. The van der Waals surface area contributed by atoms with Crippen LogP contribution in [0, 0.1) is 12.8 Å². The Bertz CT molecular complexity index is 640. The molecular weight excluding hydrogens is 290 g/mol. The van der Waals surface area contributed by atoms with Crippen molar-refractivity contribution in [3.8, 4) is 0 Å². The second kappa shape index (κ2) is 6.82. The monoisotopic (exact) mass is 309 g/mol. The predicted octanol–water partition coefficient (Wildman–Crippen LogP) is 2.78. The molecule has 0 unspecified atom stereocenters. The van der Waals surface area contributed by atoms with Crippen LogP contribution in [0.4, 0.5) is 5.82 Å². The standard InChI is InChI=1S/C14H19N3O3S/c1-8(2)6-20-5-4-15-12-10-9(3)11(14(18)19)21-13(10)17-7-16-12/h7-8H,4-6H2,1-3H3,(H,18,19)(H,15,16,17). The summed E-state index contributed by atoms with van der Waals surface area (Å²) >= 11 is 1.17. The molecule has 2 N–H and O–H groups in total. The van der Waals surface area contributed by atoms with Gasteiger partial charge in [-0.2, -0.15) is 0 Å². The first-order valence-corrected chi connectivity index (χ1v) is 7.61. The quantitative estimate of drug-likeness (QED) is 0.765. The fraction of sp³-hybridized carbons (Fsp3) is 0.500. The van der Waals surface area contributed by atoms with Crippen LogP contribution in [0.5, 0.6) is 0 Å². The number of thiophene rings is 1. The number of fused-ring (bicyclic) bond motifs is 1. The molecule has 0 saturated carbocycles. The second-order valence-corrected chi connectivity index (χ2v) is 6.16. The van der Waals surface area contributed by atoms with Crippen LogP contribution in [0.2, 0.25) is 0 Å². The smallest absolute Gasteiger partial charge is 0.346 e. The highest BCUT2D eigenvalue weighted by molar-refractivity contribution is 7.20. The number of nitrogens with one attached hydrogen (secondary N) is 1. The molecule has 2 aromatic rings. The maximum Gasteiger partial charge on any atom is 0.346 e. The van der Waals surface area contributed by atoms with E-state index in [1.807, 2.05) is 0 Å². The van der Waals surface area contributed by atoms with Gasteiger partial charge in [0, 0.05) is 13.2 Å². The molecular formula is C14H19N3O3S. The molecule has 0 atom stereocenters. The molecule has 0 aromatic carbocycles. The zero-order chi connectivity index (χ0) is 15.4. The first-order valence-electron chi connectivity index (χ1n) is 6.79. The van der Waals surface area contributed by atoms with Gasteiger partial charge in [0.15, 0.2) is 0 Å². The van der Waals surface area contributed by atoms with E-state index in [0.29, 0.717) is 40.2 Å². The van der Waals surface area contributed by atoms with E-state index in [1.54, 1.807) is 6.92 Å². The lowest BCUT2D eigenvalue weighted by Crippen LogP contribution is -2.13. The van der Waals surface area contributed by atoms with Crippen LogP contribution in [0.25, 0.3) is 10.2 Å². The number of rotatable bonds is 7. The van der Waals surface area contributed by atoms with Gasteiger partial charge in [0.2, 0.25) is 0 Å². The van der Waals surface area contributed by atoms with Crippen molar-refractivity contribution in [1.29, 1.82) is 0 Å². The van der Waals surface area contributed by atoms with Gasteiger partial charge >= 0.3 is 5.97 Å². The van der Waals surface area contributed by atoms with Gasteiger partial charge in [-0.15, -0.1) is 11.3 Å². The van der Waals surface area contributed by atoms with E-state index in [9.17, 15) is 9.90 Å². The Balaban J connectivity index is 2.11. The minimum Gasteiger partial charge on any atom is -0.477 e. The van der Waals surface area contributed by atoms with Crippen molar-refractivity contribution in [2.24, 2.45) is 5.92 Å². The third-order valence-electron chi connectivity index (χ3n) is 2.91. The van der Waals surface area contributed by atoms with Crippen molar-refractivity contribution < 1.29 is 14.6 Å². The topological polar surface area (TPSA) is 84.3 Å².